The smallest absolute Gasteiger partial charge is 0.0610 e. The zero-order chi connectivity index (χ0) is 14.4. The number of likely N-dealkylation sites (N-methyl/N-ethyl adjacent to an activating group) is 1. The molecule has 1 unspecified atom stereocenters. The van der Waals surface area contributed by atoms with E-state index in [1.54, 1.807) is 0 Å². The number of rotatable bonds is 14. The van der Waals surface area contributed by atoms with Crippen LogP contribution in [0.4, 0.5) is 0 Å². The molecule has 116 valence electrons. The average Bonchev–Trinajstić information content (AvgIpc) is 2.44. The minimum Gasteiger partial charge on any atom is -0.394 e. The van der Waals surface area contributed by atoms with E-state index in [0.717, 1.165) is 32.5 Å². The predicted octanol–water partition coefficient (Wildman–Crippen LogP) is 3.50. The number of nitrogens with one attached hydrogen (secondary N) is 1. The van der Waals surface area contributed by atoms with Crippen LogP contribution >= 0.6 is 0 Å². The second-order valence-electron chi connectivity index (χ2n) is 5.81. The van der Waals surface area contributed by atoms with Crippen molar-refractivity contribution in [2.75, 3.05) is 26.9 Å². The number of unbranched alkanes of at least 4 members (excludes halogenated alkanes) is 6. The van der Waals surface area contributed by atoms with E-state index in [4.69, 9.17) is 4.74 Å². The van der Waals surface area contributed by atoms with Gasteiger partial charge in [0.25, 0.3) is 0 Å². The predicted molar refractivity (Wildman–Crippen MR) is 82.6 cm³/mol. The highest BCUT2D eigenvalue weighted by Crippen LogP contribution is 2.12. The van der Waals surface area contributed by atoms with Crippen LogP contribution in [0.25, 0.3) is 0 Å². The zero-order valence-electron chi connectivity index (χ0n) is 13.3. The van der Waals surface area contributed by atoms with Gasteiger partial charge < -0.3 is 15.2 Å². The molecule has 3 heteroatoms. The quantitative estimate of drug-likeness (QED) is 0.476. The van der Waals surface area contributed by atoms with Crippen molar-refractivity contribution >= 4 is 0 Å². The van der Waals surface area contributed by atoms with Gasteiger partial charge in [-0.2, -0.15) is 0 Å². The van der Waals surface area contributed by atoms with E-state index in [9.17, 15) is 5.11 Å². The molecule has 2 N–H and O–H groups in total. The molecule has 1 atom stereocenters. The Bertz CT molecular complexity index is 182. The molecule has 0 aliphatic carbocycles. The highest BCUT2D eigenvalue weighted by Gasteiger charge is 2.19. The van der Waals surface area contributed by atoms with Crippen LogP contribution in [-0.2, 0) is 4.74 Å². The summed E-state index contributed by atoms with van der Waals surface area (Å²) in [6, 6.07) is 0. The van der Waals surface area contributed by atoms with E-state index in [0.29, 0.717) is 0 Å². The number of hydrogen-bond donors (Lipinski definition) is 2. The molecular weight excluding hydrogens is 238 g/mol. The molecule has 0 aliphatic rings. The van der Waals surface area contributed by atoms with Gasteiger partial charge in [0.05, 0.1) is 6.61 Å². The van der Waals surface area contributed by atoms with Crippen LogP contribution in [0.15, 0.2) is 0 Å². The van der Waals surface area contributed by atoms with Crippen molar-refractivity contribution in [3.63, 3.8) is 0 Å². The number of ether oxygens (including phenoxy) is 1. The molecule has 0 aliphatic heterocycles. The summed E-state index contributed by atoms with van der Waals surface area (Å²) in [5.41, 5.74) is -0.126. The fraction of sp³-hybridized carbons (Fsp3) is 1.00. The summed E-state index contributed by atoms with van der Waals surface area (Å²) < 4.78 is 5.64. The van der Waals surface area contributed by atoms with Crippen LogP contribution < -0.4 is 5.32 Å². The van der Waals surface area contributed by atoms with Crippen molar-refractivity contribution < 1.29 is 9.84 Å². The summed E-state index contributed by atoms with van der Waals surface area (Å²) in [6.07, 6.45) is 11.1. The van der Waals surface area contributed by atoms with Gasteiger partial charge in [-0.3, -0.25) is 0 Å². The molecule has 0 saturated heterocycles. The molecule has 0 aromatic carbocycles. The third-order valence-electron chi connectivity index (χ3n) is 3.86. The summed E-state index contributed by atoms with van der Waals surface area (Å²) >= 11 is 0. The molecule has 0 radical (unpaired) electrons. The normalized spacial score (nSPS) is 14.5. The second kappa shape index (κ2) is 12.9. The Hall–Kier alpha value is -0.120. The molecule has 0 bridgehead atoms. The van der Waals surface area contributed by atoms with Gasteiger partial charge in [0.2, 0.25) is 0 Å². The Labute approximate surface area is 120 Å². The molecule has 0 heterocycles. The van der Waals surface area contributed by atoms with Crippen LogP contribution in [-0.4, -0.2) is 37.5 Å². The summed E-state index contributed by atoms with van der Waals surface area (Å²) in [5, 5.41) is 12.4. The minimum atomic E-state index is -0.126. The van der Waals surface area contributed by atoms with Crippen LogP contribution in [0, 0.1) is 0 Å². The van der Waals surface area contributed by atoms with Gasteiger partial charge in [-0.1, -0.05) is 39.0 Å². The van der Waals surface area contributed by atoms with Crippen molar-refractivity contribution in [2.45, 2.75) is 77.2 Å². The van der Waals surface area contributed by atoms with Gasteiger partial charge in [-0.15, -0.1) is 0 Å². The second-order valence-corrected chi connectivity index (χ2v) is 5.81. The summed E-state index contributed by atoms with van der Waals surface area (Å²) in [4.78, 5) is 0. The topological polar surface area (TPSA) is 41.5 Å². The Morgan fingerprint density at radius 2 is 1.53 bits per heavy atom. The molecule has 19 heavy (non-hydrogen) atoms. The molecule has 0 rings (SSSR count). The molecular formula is C16H35NO2. The monoisotopic (exact) mass is 273 g/mol. The summed E-state index contributed by atoms with van der Waals surface area (Å²) in [7, 11) is 1.91. The number of aliphatic hydroxyl groups is 1. The molecule has 0 fully saturated rings. The van der Waals surface area contributed by atoms with E-state index < -0.39 is 0 Å². The van der Waals surface area contributed by atoms with Gasteiger partial charge >= 0.3 is 0 Å². The van der Waals surface area contributed by atoms with Crippen LogP contribution in [0.3, 0.4) is 0 Å². The lowest BCUT2D eigenvalue weighted by Crippen LogP contribution is -2.43. The molecule has 0 saturated carbocycles. The first-order valence-electron chi connectivity index (χ1n) is 8.06. The van der Waals surface area contributed by atoms with Crippen molar-refractivity contribution in [1.29, 1.82) is 0 Å². The lowest BCUT2D eigenvalue weighted by molar-refractivity contribution is 0.119. The number of hydrogen-bond acceptors (Lipinski definition) is 3. The molecule has 0 amide bonds. The summed E-state index contributed by atoms with van der Waals surface area (Å²) in [6.45, 7) is 6.28. The fourth-order valence-electron chi connectivity index (χ4n) is 2.09. The van der Waals surface area contributed by atoms with Gasteiger partial charge in [0, 0.05) is 18.8 Å². The van der Waals surface area contributed by atoms with E-state index >= 15 is 0 Å². The maximum Gasteiger partial charge on any atom is 0.0610 e. The lowest BCUT2D eigenvalue weighted by Gasteiger charge is -2.26. The van der Waals surface area contributed by atoms with Gasteiger partial charge in [-0.05, 0) is 39.7 Å². The standard InChI is InChI=1S/C16H35NO2/c1-4-5-6-7-8-10-13-19-14-11-9-12-16(2,15-18)17-3/h17-18H,4-15H2,1-3H3. The first kappa shape index (κ1) is 18.9. The first-order chi connectivity index (χ1) is 9.18. The van der Waals surface area contributed by atoms with Crippen molar-refractivity contribution in [3.8, 4) is 0 Å². The van der Waals surface area contributed by atoms with Crippen molar-refractivity contribution in [3.05, 3.63) is 0 Å². The Morgan fingerprint density at radius 3 is 2.11 bits per heavy atom. The zero-order valence-corrected chi connectivity index (χ0v) is 13.3. The minimum absolute atomic E-state index is 0.126. The maximum absolute atomic E-state index is 9.25. The van der Waals surface area contributed by atoms with E-state index in [2.05, 4.69) is 19.2 Å². The average molecular weight is 273 g/mol. The maximum atomic E-state index is 9.25. The molecule has 0 aromatic rings. The van der Waals surface area contributed by atoms with Crippen LogP contribution in [0.5, 0.6) is 0 Å². The van der Waals surface area contributed by atoms with Crippen LogP contribution in [0.1, 0.15) is 71.6 Å². The fourth-order valence-corrected chi connectivity index (χ4v) is 2.09. The first-order valence-corrected chi connectivity index (χ1v) is 8.06. The Kier molecular flexibility index (Phi) is 12.8. The molecule has 3 nitrogen and oxygen atoms in total. The molecule has 0 spiro atoms. The van der Waals surface area contributed by atoms with Gasteiger partial charge in [0.15, 0.2) is 0 Å². The van der Waals surface area contributed by atoms with E-state index in [-0.39, 0.29) is 12.1 Å². The third kappa shape index (κ3) is 11.4. The summed E-state index contributed by atoms with van der Waals surface area (Å²) in [5.74, 6) is 0. The van der Waals surface area contributed by atoms with Crippen LogP contribution in [0.2, 0.25) is 0 Å². The Balaban J connectivity index is 3.19. The largest absolute Gasteiger partial charge is 0.394 e. The van der Waals surface area contributed by atoms with Gasteiger partial charge in [0.1, 0.15) is 0 Å². The molecule has 0 aromatic heterocycles. The Morgan fingerprint density at radius 1 is 0.947 bits per heavy atom. The highest BCUT2D eigenvalue weighted by molar-refractivity contribution is 4.79. The van der Waals surface area contributed by atoms with Crippen molar-refractivity contribution in [1.82, 2.24) is 5.32 Å². The van der Waals surface area contributed by atoms with E-state index in [1.165, 1.54) is 38.5 Å². The highest BCUT2D eigenvalue weighted by atomic mass is 16.5. The van der Waals surface area contributed by atoms with E-state index in [1.807, 2.05) is 7.05 Å². The SMILES string of the molecule is CCCCCCCCOCCCCC(C)(CO)NC. The third-order valence-corrected chi connectivity index (χ3v) is 3.86. The van der Waals surface area contributed by atoms with Crippen molar-refractivity contribution in [2.24, 2.45) is 0 Å². The van der Waals surface area contributed by atoms with Gasteiger partial charge in [-0.25, -0.2) is 0 Å². The number of aliphatic hydroxyl groups excluding tert-OH is 1. The lowest BCUT2D eigenvalue weighted by atomic mass is 9.96.